The van der Waals surface area contributed by atoms with Gasteiger partial charge in [0.25, 0.3) is 0 Å². The van der Waals surface area contributed by atoms with Crippen LogP contribution in [-0.4, -0.2) is 21.7 Å². The predicted octanol–water partition coefficient (Wildman–Crippen LogP) is -0.861. The summed E-state index contributed by atoms with van der Waals surface area (Å²) in [6, 6.07) is 3.49. The van der Waals surface area contributed by atoms with E-state index >= 15 is 0 Å². The number of carbonyl (C=O) groups is 2. The van der Waals surface area contributed by atoms with Crippen LogP contribution in [0.1, 0.15) is 0 Å². The average Bonchev–Trinajstić information content (AvgIpc) is 2.31. The standard InChI is InChI=1S/C11H5N3O2/c15-9-3-6-1-2-8-7(4-12-5-13-8)10(6)14-11(9)16/h1-5H. The summed E-state index contributed by atoms with van der Waals surface area (Å²) >= 11 is 0. The van der Waals surface area contributed by atoms with E-state index in [4.69, 9.17) is 0 Å². The molecule has 1 aliphatic rings. The van der Waals surface area contributed by atoms with Crippen molar-refractivity contribution >= 4 is 28.7 Å². The van der Waals surface area contributed by atoms with Crippen molar-refractivity contribution in [1.82, 2.24) is 9.97 Å². The van der Waals surface area contributed by atoms with Gasteiger partial charge in [0.05, 0.1) is 10.9 Å². The maximum absolute atomic E-state index is 11.2. The number of amides is 1. The highest BCUT2D eigenvalue weighted by Crippen LogP contribution is 2.01. The van der Waals surface area contributed by atoms with Gasteiger partial charge in [0.15, 0.2) is 0 Å². The maximum Gasteiger partial charge on any atom is 0.318 e. The molecule has 5 heteroatoms. The van der Waals surface area contributed by atoms with Gasteiger partial charge in [-0.3, -0.25) is 9.59 Å². The minimum atomic E-state index is -0.746. The van der Waals surface area contributed by atoms with Crippen LogP contribution in [0.5, 0.6) is 0 Å². The number of Topliss-reactive ketones (excluding diaryl/α,β-unsaturated/α-hetero) is 1. The molecule has 76 valence electrons. The van der Waals surface area contributed by atoms with Gasteiger partial charge < -0.3 is 0 Å². The lowest BCUT2D eigenvalue weighted by atomic mass is 10.1. The summed E-state index contributed by atoms with van der Waals surface area (Å²) in [4.78, 5) is 34.1. The van der Waals surface area contributed by atoms with E-state index in [9.17, 15) is 9.59 Å². The number of carbonyl (C=O) groups excluding carboxylic acids is 2. The Morgan fingerprint density at radius 3 is 2.88 bits per heavy atom. The molecule has 1 aromatic heterocycles. The van der Waals surface area contributed by atoms with Gasteiger partial charge >= 0.3 is 5.91 Å². The van der Waals surface area contributed by atoms with E-state index in [1.807, 2.05) is 0 Å². The van der Waals surface area contributed by atoms with Crippen molar-refractivity contribution in [3.8, 4) is 0 Å². The van der Waals surface area contributed by atoms with E-state index in [-0.39, 0.29) is 0 Å². The Labute approximate surface area is 89.2 Å². The van der Waals surface area contributed by atoms with Crippen molar-refractivity contribution in [2.45, 2.75) is 0 Å². The lowest BCUT2D eigenvalue weighted by Gasteiger charge is -2.00. The second-order valence-electron chi connectivity index (χ2n) is 3.38. The molecule has 0 N–H and O–H groups in total. The van der Waals surface area contributed by atoms with E-state index in [0.717, 1.165) is 0 Å². The molecule has 3 rings (SSSR count). The summed E-state index contributed by atoms with van der Waals surface area (Å²) in [7, 11) is 0. The van der Waals surface area contributed by atoms with Crippen molar-refractivity contribution in [1.29, 1.82) is 0 Å². The highest BCUT2D eigenvalue weighted by molar-refractivity contribution is 6.48. The first-order valence-electron chi connectivity index (χ1n) is 4.63. The molecule has 1 amide bonds. The molecule has 2 heterocycles. The first kappa shape index (κ1) is 8.84. The second kappa shape index (κ2) is 3.03. The molecule has 0 spiro atoms. The third-order valence-electron chi connectivity index (χ3n) is 2.40. The van der Waals surface area contributed by atoms with E-state index in [2.05, 4.69) is 15.0 Å². The van der Waals surface area contributed by atoms with Crippen LogP contribution in [0.25, 0.3) is 17.0 Å². The van der Waals surface area contributed by atoms with Crippen LogP contribution < -0.4 is 10.6 Å². The second-order valence-corrected chi connectivity index (χ2v) is 3.38. The number of aromatic nitrogens is 2. The Morgan fingerprint density at radius 2 is 2.00 bits per heavy atom. The van der Waals surface area contributed by atoms with Gasteiger partial charge in [-0.05, 0) is 6.07 Å². The molecule has 0 bridgehead atoms. The molecule has 0 unspecified atom stereocenters. The van der Waals surface area contributed by atoms with E-state index < -0.39 is 11.7 Å². The third-order valence-corrected chi connectivity index (χ3v) is 2.40. The lowest BCUT2D eigenvalue weighted by molar-refractivity contribution is -0.132. The highest BCUT2D eigenvalue weighted by atomic mass is 16.2. The number of hydrogen-bond donors (Lipinski definition) is 0. The Bertz CT molecular complexity index is 749. The molecule has 16 heavy (non-hydrogen) atoms. The molecule has 1 aliphatic heterocycles. The highest BCUT2D eigenvalue weighted by Gasteiger charge is 2.14. The van der Waals surface area contributed by atoms with E-state index in [0.29, 0.717) is 21.5 Å². The fourth-order valence-electron chi connectivity index (χ4n) is 1.66. The van der Waals surface area contributed by atoms with Gasteiger partial charge in [-0.25, -0.2) is 15.0 Å². The van der Waals surface area contributed by atoms with Crippen molar-refractivity contribution in [3.05, 3.63) is 35.2 Å². The molecule has 1 aromatic carbocycles. The fourth-order valence-corrected chi connectivity index (χ4v) is 1.66. The molecule has 0 radical (unpaired) electrons. The van der Waals surface area contributed by atoms with Gasteiger partial charge in [-0.1, -0.05) is 6.07 Å². The van der Waals surface area contributed by atoms with Gasteiger partial charge in [-0.15, -0.1) is 0 Å². The van der Waals surface area contributed by atoms with Gasteiger partial charge in [0.2, 0.25) is 5.78 Å². The summed E-state index contributed by atoms with van der Waals surface area (Å²) in [5.74, 6) is -1.34. The van der Waals surface area contributed by atoms with Crippen molar-refractivity contribution in [2.75, 3.05) is 0 Å². The van der Waals surface area contributed by atoms with Crippen LogP contribution in [0, 0.1) is 0 Å². The van der Waals surface area contributed by atoms with Crippen LogP contribution >= 0.6 is 0 Å². The topological polar surface area (TPSA) is 72.3 Å². The molecule has 0 saturated heterocycles. The number of hydrogen-bond acceptors (Lipinski definition) is 4. The Balaban J connectivity index is 2.59. The molecular formula is C11H5N3O2. The molecule has 0 aliphatic carbocycles. The number of rotatable bonds is 0. The number of ketones is 1. The SMILES string of the molecule is O=C1C=c2ccc3ncncc3c2=NC1=O. The molecule has 5 nitrogen and oxygen atoms in total. The zero-order valence-electron chi connectivity index (χ0n) is 8.04. The molecule has 0 fully saturated rings. The van der Waals surface area contributed by atoms with E-state index in [1.165, 1.54) is 12.4 Å². The number of fused-ring (bicyclic) bond motifs is 3. The quantitative estimate of drug-likeness (QED) is 0.531. The monoisotopic (exact) mass is 211 g/mol. The summed E-state index contributed by atoms with van der Waals surface area (Å²) in [6.45, 7) is 0. The molecule has 0 saturated carbocycles. The zero-order valence-corrected chi connectivity index (χ0v) is 8.04. The molecule has 0 atom stereocenters. The zero-order chi connectivity index (χ0) is 11.1. The third kappa shape index (κ3) is 1.15. The van der Waals surface area contributed by atoms with Crippen LogP contribution in [0.4, 0.5) is 0 Å². The molecule has 2 aromatic rings. The average molecular weight is 211 g/mol. The van der Waals surface area contributed by atoms with Crippen molar-refractivity contribution in [2.24, 2.45) is 4.99 Å². The summed E-state index contributed by atoms with van der Waals surface area (Å²) in [5.41, 5.74) is 0.702. The Kier molecular flexibility index (Phi) is 1.67. The first-order valence-corrected chi connectivity index (χ1v) is 4.63. The van der Waals surface area contributed by atoms with Crippen molar-refractivity contribution < 1.29 is 9.59 Å². The summed E-state index contributed by atoms with van der Waals surface area (Å²) in [6.07, 6.45) is 4.30. The van der Waals surface area contributed by atoms with Gasteiger partial charge in [0, 0.05) is 22.9 Å². The normalized spacial score (nSPS) is 14.2. The predicted molar refractivity (Wildman–Crippen MR) is 54.8 cm³/mol. The smallest absolute Gasteiger partial charge is 0.284 e. The summed E-state index contributed by atoms with van der Waals surface area (Å²) < 4.78 is 0. The van der Waals surface area contributed by atoms with Crippen LogP contribution in [0.2, 0.25) is 0 Å². The first-order chi connectivity index (χ1) is 7.75. The number of benzene rings is 1. The summed E-state index contributed by atoms with van der Waals surface area (Å²) in [5, 5.41) is 1.78. The minimum Gasteiger partial charge on any atom is -0.284 e. The van der Waals surface area contributed by atoms with E-state index in [1.54, 1.807) is 18.3 Å². The Morgan fingerprint density at radius 1 is 1.12 bits per heavy atom. The van der Waals surface area contributed by atoms with Gasteiger partial charge in [-0.2, -0.15) is 0 Å². The van der Waals surface area contributed by atoms with Crippen LogP contribution in [0.3, 0.4) is 0 Å². The maximum atomic E-state index is 11.2. The van der Waals surface area contributed by atoms with Gasteiger partial charge in [0.1, 0.15) is 6.33 Å². The minimum absolute atomic E-state index is 0.475. The lowest BCUT2D eigenvalue weighted by Crippen LogP contribution is -2.34. The van der Waals surface area contributed by atoms with Crippen LogP contribution in [-0.2, 0) is 9.59 Å². The van der Waals surface area contributed by atoms with Crippen molar-refractivity contribution in [3.63, 3.8) is 0 Å². The largest absolute Gasteiger partial charge is 0.318 e. The number of nitrogens with zero attached hydrogens (tertiary/aromatic N) is 3. The van der Waals surface area contributed by atoms with Crippen LogP contribution in [0.15, 0.2) is 29.6 Å². The fraction of sp³-hybridized carbons (Fsp3) is 0. The Hall–Kier alpha value is -2.43. The molecular weight excluding hydrogens is 206 g/mol.